The van der Waals surface area contributed by atoms with Crippen molar-refractivity contribution in [2.75, 3.05) is 22.9 Å². The van der Waals surface area contributed by atoms with Crippen molar-refractivity contribution >= 4 is 35.1 Å². The zero-order valence-corrected chi connectivity index (χ0v) is 39.8. The van der Waals surface area contributed by atoms with Crippen LogP contribution in [0.4, 0.5) is 20.2 Å². The number of aromatic nitrogens is 2. The molecule has 2 amide bonds. The van der Waals surface area contributed by atoms with Crippen LogP contribution in [0, 0.1) is 11.6 Å². The fourth-order valence-corrected chi connectivity index (χ4v) is 9.95. The van der Waals surface area contributed by atoms with Crippen LogP contribution in [0.2, 0.25) is 0 Å². The van der Waals surface area contributed by atoms with E-state index in [0.717, 1.165) is 75.8 Å². The third-order valence-corrected chi connectivity index (χ3v) is 13.2. The van der Waals surface area contributed by atoms with E-state index in [0.29, 0.717) is 36.3 Å². The number of carbonyl (C=O) groups excluding carboxylic acids is 4. The fourth-order valence-electron chi connectivity index (χ4n) is 9.95. The molecular weight excluding hydrogens is 891 g/mol. The first-order valence-electron chi connectivity index (χ1n) is 24.1. The van der Waals surface area contributed by atoms with Crippen LogP contribution in [0.15, 0.2) is 158 Å². The second-order valence-corrected chi connectivity index (χ2v) is 17.7. The third-order valence-electron chi connectivity index (χ3n) is 13.2. The Bertz CT molecular complexity index is 2430. The number of piperidine rings is 2. The number of carboxylic acids is 2. The van der Waals surface area contributed by atoms with Crippen molar-refractivity contribution < 1.29 is 48.8 Å². The molecule has 2 aliphatic heterocycles. The second kappa shape index (κ2) is 25.4. The number of benzene rings is 4. The number of hydrogen-bond acceptors (Lipinski definition) is 8. The molecule has 0 bridgehead atoms. The Hall–Kier alpha value is -7.16. The predicted octanol–water partition coefficient (Wildman–Crippen LogP) is 4.92. The molecule has 4 heterocycles. The van der Waals surface area contributed by atoms with Gasteiger partial charge in [0.25, 0.3) is 0 Å². The molecule has 12 nitrogen and oxygen atoms in total. The molecule has 0 spiro atoms. The average Bonchev–Trinajstić information content (AvgIpc) is 3.40. The Balaban J connectivity index is 0.000000206. The van der Waals surface area contributed by atoms with Crippen molar-refractivity contribution in [3.05, 3.63) is 192 Å². The summed E-state index contributed by atoms with van der Waals surface area (Å²) in [5.41, 5.74) is 3.63. The molecule has 2 fully saturated rings. The van der Waals surface area contributed by atoms with Crippen molar-refractivity contribution in [3.63, 3.8) is 0 Å². The van der Waals surface area contributed by atoms with Crippen LogP contribution in [0.25, 0.3) is 0 Å². The van der Waals surface area contributed by atoms with E-state index < -0.39 is 23.0 Å². The summed E-state index contributed by atoms with van der Waals surface area (Å²) in [6.07, 6.45) is 11.0. The maximum atomic E-state index is 15.0. The number of para-hydroxylation sites is 2. The molecular formula is C56H62F2N6O6. The zero-order valence-electron chi connectivity index (χ0n) is 39.8. The van der Waals surface area contributed by atoms with Gasteiger partial charge in [0.2, 0.25) is 11.8 Å². The maximum Gasteiger partial charge on any atom is 0.227 e. The molecule has 70 heavy (non-hydrogen) atoms. The quantitative estimate of drug-likeness (QED) is 0.145. The number of quaternary nitrogens is 2. The number of anilines is 2. The molecule has 2 aromatic heterocycles. The van der Waals surface area contributed by atoms with Crippen LogP contribution >= 0.6 is 0 Å². The number of hydrogen-bond donors (Lipinski definition) is 2. The number of pyridine rings is 2. The lowest BCUT2D eigenvalue weighted by Gasteiger charge is -2.47. The van der Waals surface area contributed by atoms with E-state index in [1.165, 1.54) is 23.3 Å². The zero-order chi connectivity index (χ0) is 49.9. The number of carbonyl (C=O) groups is 4. The molecule has 0 aliphatic carbocycles. The summed E-state index contributed by atoms with van der Waals surface area (Å²) < 4.78 is 30.0. The SMILES string of the molecule is CCC(=O)N(c1ccccc1F)C1(c2ccccn2)CC[NH2+]C(CCc2ccccc2)C1.CCC(=O)N(c1ccccc1F)C1(c2ccccn2)CC[NH2+]C(CCc2ccccc2)C1.O=C([O-])C(=O)[O-]. The average molecular weight is 953 g/mol. The van der Waals surface area contributed by atoms with E-state index in [4.69, 9.17) is 19.8 Å². The van der Waals surface area contributed by atoms with Gasteiger partial charge in [-0.15, -0.1) is 0 Å². The summed E-state index contributed by atoms with van der Waals surface area (Å²) >= 11 is 0. The minimum atomic E-state index is -2.19. The first-order valence-corrected chi connectivity index (χ1v) is 24.1. The summed E-state index contributed by atoms with van der Waals surface area (Å²) in [5.74, 6) is -5.28. The molecule has 2 saturated heterocycles. The highest BCUT2D eigenvalue weighted by molar-refractivity contribution is 6.25. The molecule has 0 saturated carbocycles. The van der Waals surface area contributed by atoms with Gasteiger partial charge in [-0.05, 0) is 72.5 Å². The fraction of sp³-hybridized carbons (Fsp3) is 0.321. The molecule has 0 radical (unpaired) electrons. The number of aryl methyl sites for hydroxylation is 2. The van der Waals surface area contributed by atoms with E-state index >= 15 is 8.78 Å². The molecule has 4 N–H and O–H groups in total. The van der Waals surface area contributed by atoms with Gasteiger partial charge in [0.05, 0.1) is 59.9 Å². The third kappa shape index (κ3) is 13.1. The van der Waals surface area contributed by atoms with Gasteiger partial charge in [0, 0.05) is 63.8 Å². The summed E-state index contributed by atoms with van der Waals surface area (Å²) in [4.78, 5) is 57.4. The monoisotopic (exact) mass is 952 g/mol. The number of aliphatic carboxylic acids is 2. The minimum absolute atomic E-state index is 0.0792. The van der Waals surface area contributed by atoms with Crippen molar-refractivity contribution in [1.29, 1.82) is 0 Å². The molecule has 4 atom stereocenters. The second-order valence-electron chi connectivity index (χ2n) is 17.7. The Morgan fingerprint density at radius 1 is 0.543 bits per heavy atom. The van der Waals surface area contributed by atoms with Crippen molar-refractivity contribution in [2.24, 2.45) is 0 Å². The van der Waals surface area contributed by atoms with E-state index in [9.17, 15) is 9.59 Å². The van der Waals surface area contributed by atoms with E-state index in [1.54, 1.807) is 58.6 Å². The number of carboxylic acid groups (broad SMARTS) is 2. The number of nitrogens with zero attached hydrogens (tertiary/aromatic N) is 4. The van der Waals surface area contributed by atoms with Crippen molar-refractivity contribution in [2.45, 2.75) is 101 Å². The Labute approximate surface area is 408 Å². The Morgan fingerprint density at radius 3 is 1.23 bits per heavy atom. The molecule has 4 unspecified atom stereocenters. The highest BCUT2D eigenvalue weighted by atomic mass is 19.1. The number of amides is 2. The lowest BCUT2D eigenvalue weighted by molar-refractivity contribution is -0.701. The molecule has 8 rings (SSSR count). The van der Waals surface area contributed by atoms with Crippen LogP contribution in [-0.4, -0.2) is 58.9 Å². The smallest absolute Gasteiger partial charge is 0.227 e. The minimum Gasteiger partial charge on any atom is -0.543 e. The van der Waals surface area contributed by atoms with Gasteiger partial charge in [-0.1, -0.05) is 111 Å². The molecule has 2 aliphatic rings. The van der Waals surface area contributed by atoms with Gasteiger partial charge >= 0.3 is 0 Å². The molecule has 14 heteroatoms. The van der Waals surface area contributed by atoms with Gasteiger partial charge in [-0.3, -0.25) is 29.4 Å². The largest absolute Gasteiger partial charge is 0.543 e. The first kappa shape index (κ1) is 52.2. The highest BCUT2D eigenvalue weighted by Gasteiger charge is 2.50. The summed E-state index contributed by atoms with van der Waals surface area (Å²) in [6.45, 7) is 5.39. The molecule has 4 aromatic carbocycles. The number of halogens is 2. The van der Waals surface area contributed by atoms with Crippen LogP contribution in [-0.2, 0) is 43.1 Å². The van der Waals surface area contributed by atoms with Gasteiger partial charge in [-0.25, -0.2) is 8.78 Å². The van der Waals surface area contributed by atoms with E-state index in [2.05, 4.69) is 69.1 Å². The van der Waals surface area contributed by atoms with Crippen LogP contribution in [0.5, 0.6) is 0 Å². The highest BCUT2D eigenvalue weighted by Crippen LogP contribution is 2.43. The van der Waals surface area contributed by atoms with Crippen molar-refractivity contribution in [1.82, 2.24) is 9.97 Å². The topological polar surface area (TPSA) is 180 Å². The number of rotatable bonds is 14. The normalized spacial score (nSPS) is 19.5. The van der Waals surface area contributed by atoms with Crippen molar-refractivity contribution in [3.8, 4) is 0 Å². The van der Waals surface area contributed by atoms with E-state index in [1.807, 2.05) is 62.4 Å². The summed E-state index contributed by atoms with van der Waals surface area (Å²) in [6, 6.07) is 46.4. The maximum absolute atomic E-state index is 15.0. The van der Waals surface area contributed by atoms with Gasteiger partial charge in [-0.2, -0.15) is 0 Å². The van der Waals surface area contributed by atoms with Gasteiger partial charge in [0.15, 0.2) is 0 Å². The van der Waals surface area contributed by atoms with Crippen LogP contribution in [0.3, 0.4) is 0 Å². The Morgan fingerprint density at radius 2 is 0.900 bits per heavy atom. The van der Waals surface area contributed by atoms with Gasteiger partial charge < -0.3 is 30.4 Å². The van der Waals surface area contributed by atoms with Crippen LogP contribution < -0.4 is 30.6 Å². The predicted molar refractivity (Wildman–Crippen MR) is 259 cm³/mol. The van der Waals surface area contributed by atoms with E-state index in [-0.39, 0.29) is 23.4 Å². The lowest BCUT2D eigenvalue weighted by atomic mass is 9.77. The molecule has 6 aromatic rings. The first-order chi connectivity index (χ1) is 33.9. The van der Waals surface area contributed by atoms with Crippen LogP contribution in [0.1, 0.15) is 87.7 Å². The summed E-state index contributed by atoms with van der Waals surface area (Å²) in [5, 5.41) is 22.6. The summed E-state index contributed by atoms with van der Waals surface area (Å²) in [7, 11) is 0. The molecule has 366 valence electrons. The number of nitrogens with two attached hydrogens (primary N) is 2. The Kier molecular flexibility index (Phi) is 19.0. The standard InChI is InChI=1S/2C27H30FN3O.C2H2O4/c2*1-2-26(32)31(24-13-7-6-12-23(24)28)27(25-14-8-9-18-30-25)17-19-29-22(20-27)16-15-21-10-4-3-5-11-21;3-1(4)2(5)6/h2*3-14,18,22,29H,2,15-17,19-20H2,1H3;(H,3,4)(H,5,6). The van der Waals surface area contributed by atoms with Gasteiger partial charge in [0.1, 0.15) is 22.7 Å². The lowest BCUT2D eigenvalue weighted by Crippen LogP contribution is -2.94.